The lowest BCUT2D eigenvalue weighted by Gasteiger charge is -2.11. The first kappa shape index (κ1) is 15.5. The summed E-state index contributed by atoms with van der Waals surface area (Å²) >= 11 is 8.18. The summed E-state index contributed by atoms with van der Waals surface area (Å²) in [4.78, 5) is 11.7. The second kappa shape index (κ2) is 6.24. The lowest BCUT2D eigenvalue weighted by molar-refractivity contribution is 0.101. The maximum absolute atomic E-state index is 11.7. The van der Waals surface area contributed by atoms with Crippen LogP contribution in [-0.2, 0) is 0 Å². The number of anilines is 2. The topological polar surface area (TPSA) is 51.2 Å². The van der Waals surface area contributed by atoms with E-state index >= 15 is 0 Å². The lowest BCUT2D eigenvalue weighted by Crippen LogP contribution is -1.99. The Balaban J connectivity index is 2.42. The number of Topliss-reactive ketones (excluding diaryl/α,β-unsaturated/α-hetero) is 1. The largest absolute Gasteiger partial charge is 0.495 e. The maximum Gasteiger partial charge on any atom is 0.164 e. The highest BCUT2D eigenvalue weighted by Crippen LogP contribution is 2.37. The van der Waals surface area contributed by atoms with Gasteiger partial charge in [-0.2, -0.15) is 4.37 Å². The number of aryl methyl sites for hydroxylation is 1. The van der Waals surface area contributed by atoms with Gasteiger partial charge >= 0.3 is 0 Å². The summed E-state index contributed by atoms with van der Waals surface area (Å²) in [5, 5.41) is 3.97. The number of carbonyl (C=O) groups excluding carboxylic acids is 1. The van der Waals surface area contributed by atoms with Crippen molar-refractivity contribution in [3.63, 3.8) is 0 Å². The second-order valence-corrected chi connectivity index (χ2v) is 6.60. The monoisotopic (exact) mass is 418 g/mol. The smallest absolute Gasteiger partial charge is 0.164 e. The van der Waals surface area contributed by atoms with E-state index < -0.39 is 0 Å². The van der Waals surface area contributed by atoms with E-state index in [1.807, 2.05) is 19.1 Å². The molecule has 0 spiro atoms. The van der Waals surface area contributed by atoms with Crippen molar-refractivity contribution in [1.29, 1.82) is 0 Å². The minimum absolute atomic E-state index is 0.000973. The molecule has 0 saturated carbocycles. The normalized spacial score (nSPS) is 10.4. The average molecular weight is 420 g/mol. The molecule has 1 aromatic carbocycles. The van der Waals surface area contributed by atoms with Gasteiger partial charge in [0.1, 0.15) is 10.8 Å². The number of nitrogens with one attached hydrogen (secondary N) is 1. The van der Waals surface area contributed by atoms with E-state index in [0.717, 1.165) is 25.3 Å². The fourth-order valence-corrected chi connectivity index (χ4v) is 3.89. The molecule has 0 bridgehead atoms. The summed E-state index contributed by atoms with van der Waals surface area (Å²) in [5.74, 6) is 0.709. The third kappa shape index (κ3) is 3.05. The quantitative estimate of drug-likeness (QED) is 0.713. The van der Waals surface area contributed by atoms with Crippen molar-refractivity contribution in [2.75, 3.05) is 12.4 Å². The highest BCUT2D eigenvalue weighted by atomic mass is 79.9. The van der Waals surface area contributed by atoms with Gasteiger partial charge in [-0.3, -0.25) is 4.79 Å². The van der Waals surface area contributed by atoms with Crippen molar-refractivity contribution >= 4 is 59.9 Å². The number of ketones is 1. The molecule has 0 aliphatic carbocycles. The number of methoxy groups -OCH3 is 1. The van der Waals surface area contributed by atoms with Crippen molar-refractivity contribution < 1.29 is 9.53 Å². The Morgan fingerprint density at radius 3 is 2.65 bits per heavy atom. The zero-order chi connectivity index (χ0) is 14.9. The molecule has 0 atom stereocenters. The van der Waals surface area contributed by atoms with Crippen LogP contribution in [0.3, 0.4) is 0 Å². The Labute approximate surface area is 138 Å². The number of aromatic nitrogens is 1. The molecule has 106 valence electrons. The molecule has 1 heterocycles. The van der Waals surface area contributed by atoms with E-state index in [-0.39, 0.29) is 5.78 Å². The van der Waals surface area contributed by atoms with Gasteiger partial charge in [0.15, 0.2) is 5.78 Å². The van der Waals surface area contributed by atoms with E-state index in [2.05, 4.69) is 41.6 Å². The first-order valence-corrected chi connectivity index (χ1v) is 8.07. The SMILES string of the molecule is COc1cc(Nc2snc(C)c2C(C)=O)c(Br)cc1Br. The number of nitrogens with zero attached hydrogens (tertiary/aromatic N) is 1. The molecule has 7 heteroatoms. The molecule has 2 aromatic rings. The Morgan fingerprint density at radius 1 is 1.35 bits per heavy atom. The Bertz CT molecular complexity index is 671. The van der Waals surface area contributed by atoms with Gasteiger partial charge in [0.05, 0.1) is 28.5 Å². The molecule has 0 fully saturated rings. The maximum atomic E-state index is 11.7. The van der Waals surface area contributed by atoms with Crippen LogP contribution in [0.25, 0.3) is 0 Å². The minimum Gasteiger partial charge on any atom is -0.495 e. The van der Waals surface area contributed by atoms with E-state index in [1.165, 1.54) is 11.5 Å². The van der Waals surface area contributed by atoms with Crippen LogP contribution < -0.4 is 10.1 Å². The van der Waals surface area contributed by atoms with Crippen molar-refractivity contribution in [2.24, 2.45) is 0 Å². The lowest BCUT2D eigenvalue weighted by atomic mass is 10.2. The molecular formula is C13H12Br2N2O2S. The molecule has 4 nitrogen and oxygen atoms in total. The molecule has 0 saturated heterocycles. The zero-order valence-corrected chi connectivity index (χ0v) is 15.1. The summed E-state index contributed by atoms with van der Waals surface area (Å²) in [7, 11) is 1.61. The summed E-state index contributed by atoms with van der Waals surface area (Å²) in [6, 6.07) is 3.75. The summed E-state index contributed by atoms with van der Waals surface area (Å²) in [6.45, 7) is 3.37. The molecule has 0 aliphatic heterocycles. The first-order chi connectivity index (χ1) is 9.43. The zero-order valence-electron chi connectivity index (χ0n) is 11.1. The third-order valence-electron chi connectivity index (χ3n) is 2.70. The van der Waals surface area contributed by atoms with Crippen molar-refractivity contribution in [3.8, 4) is 5.75 Å². The fourth-order valence-electron chi connectivity index (χ4n) is 1.77. The average Bonchev–Trinajstić information content (AvgIpc) is 2.74. The Hall–Kier alpha value is -0.920. The van der Waals surface area contributed by atoms with Gasteiger partial charge < -0.3 is 10.1 Å². The number of carbonyl (C=O) groups is 1. The molecule has 0 radical (unpaired) electrons. The predicted octanol–water partition coefficient (Wildman–Crippen LogP) is 4.93. The molecule has 1 N–H and O–H groups in total. The van der Waals surface area contributed by atoms with Crippen LogP contribution in [0.5, 0.6) is 5.75 Å². The first-order valence-electron chi connectivity index (χ1n) is 5.71. The van der Waals surface area contributed by atoms with Gasteiger partial charge in [0.25, 0.3) is 0 Å². The third-order valence-corrected chi connectivity index (χ3v) is 4.83. The van der Waals surface area contributed by atoms with Gasteiger partial charge in [-0.25, -0.2) is 0 Å². The van der Waals surface area contributed by atoms with E-state index in [4.69, 9.17) is 4.74 Å². The van der Waals surface area contributed by atoms with Gasteiger partial charge in [-0.15, -0.1) is 0 Å². The number of halogens is 2. The number of hydrogen-bond acceptors (Lipinski definition) is 5. The Kier molecular flexibility index (Phi) is 4.82. The van der Waals surface area contributed by atoms with Crippen LogP contribution in [-0.4, -0.2) is 17.3 Å². The van der Waals surface area contributed by atoms with E-state index in [1.54, 1.807) is 14.0 Å². The second-order valence-electron chi connectivity index (χ2n) is 4.12. The Morgan fingerprint density at radius 2 is 2.05 bits per heavy atom. The highest BCUT2D eigenvalue weighted by molar-refractivity contribution is 9.11. The van der Waals surface area contributed by atoms with Crippen molar-refractivity contribution in [1.82, 2.24) is 4.37 Å². The number of hydrogen-bond donors (Lipinski definition) is 1. The predicted molar refractivity (Wildman–Crippen MR) is 88.5 cm³/mol. The van der Waals surface area contributed by atoms with Gasteiger partial charge in [-0.1, -0.05) is 0 Å². The van der Waals surface area contributed by atoms with Crippen LogP contribution in [0.2, 0.25) is 0 Å². The van der Waals surface area contributed by atoms with Crippen LogP contribution in [0, 0.1) is 6.92 Å². The molecular weight excluding hydrogens is 408 g/mol. The van der Waals surface area contributed by atoms with Crippen LogP contribution in [0.1, 0.15) is 23.0 Å². The molecule has 0 aliphatic rings. The van der Waals surface area contributed by atoms with Crippen LogP contribution in [0.15, 0.2) is 21.1 Å². The van der Waals surface area contributed by atoms with Gasteiger partial charge in [0, 0.05) is 10.5 Å². The van der Waals surface area contributed by atoms with E-state index in [9.17, 15) is 4.79 Å². The highest BCUT2D eigenvalue weighted by Gasteiger charge is 2.16. The van der Waals surface area contributed by atoms with Crippen LogP contribution in [0.4, 0.5) is 10.7 Å². The van der Waals surface area contributed by atoms with E-state index in [0.29, 0.717) is 11.3 Å². The summed E-state index contributed by atoms with van der Waals surface area (Å²) in [5.41, 5.74) is 2.19. The number of rotatable bonds is 4. The molecule has 1 aromatic heterocycles. The molecule has 2 rings (SSSR count). The molecule has 0 unspecified atom stereocenters. The summed E-state index contributed by atoms with van der Waals surface area (Å²) in [6.07, 6.45) is 0. The van der Waals surface area contributed by atoms with Crippen LogP contribution >= 0.6 is 43.4 Å². The fraction of sp³-hybridized carbons (Fsp3) is 0.231. The van der Waals surface area contributed by atoms with Crippen molar-refractivity contribution in [2.45, 2.75) is 13.8 Å². The van der Waals surface area contributed by atoms with Gasteiger partial charge in [-0.05, 0) is 63.3 Å². The summed E-state index contributed by atoms with van der Waals surface area (Å²) < 4.78 is 11.2. The number of ether oxygens (including phenoxy) is 1. The minimum atomic E-state index is -0.000973. The molecule has 0 amide bonds. The van der Waals surface area contributed by atoms with Crippen molar-refractivity contribution in [3.05, 3.63) is 32.3 Å². The van der Waals surface area contributed by atoms with Gasteiger partial charge in [0.2, 0.25) is 0 Å². The molecule has 20 heavy (non-hydrogen) atoms. The standard InChI is InChI=1S/C13H12Br2N2O2S/c1-6-12(7(2)18)13(20-17-6)16-10-5-11(19-3)9(15)4-8(10)14/h4-5,16H,1-3H3. The number of benzene rings is 1.